The Kier molecular flexibility index (Phi) is 6.67. The van der Waals surface area contributed by atoms with Gasteiger partial charge < -0.3 is 24.1 Å². The van der Waals surface area contributed by atoms with E-state index in [1.807, 2.05) is 24.3 Å². The van der Waals surface area contributed by atoms with E-state index in [1.54, 1.807) is 31.2 Å². The normalized spacial score (nSPS) is 13.6. The van der Waals surface area contributed by atoms with Gasteiger partial charge in [-0.25, -0.2) is 4.79 Å². The molecule has 0 atom stereocenters. The zero-order valence-corrected chi connectivity index (χ0v) is 18.4. The maximum Gasteiger partial charge on any atom is 0.338 e. The number of esters is 1. The van der Waals surface area contributed by atoms with Gasteiger partial charge in [-0.2, -0.15) is 0 Å². The van der Waals surface area contributed by atoms with Crippen molar-refractivity contribution in [1.29, 1.82) is 0 Å². The van der Waals surface area contributed by atoms with Gasteiger partial charge in [-0.05, 0) is 49.5 Å². The molecule has 0 spiro atoms. The molecule has 0 saturated carbocycles. The number of hydrogen-bond acceptors (Lipinski definition) is 7. The first-order valence-corrected chi connectivity index (χ1v) is 10.7. The van der Waals surface area contributed by atoms with Gasteiger partial charge in [-0.3, -0.25) is 10.1 Å². The lowest BCUT2D eigenvalue weighted by molar-refractivity contribution is 0.0526. The lowest BCUT2D eigenvalue weighted by Gasteiger charge is -2.31. The number of furan rings is 1. The standard InChI is InChI=1S/C23H23N3O5S/c1-2-30-22(28)16-7-8-18(26-9-11-29-12-10-26)17(13-16)24-23(32)25-21(27)20-14-15-5-3-4-6-19(15)31-20/h3-8,13-14H,2,9-12H2,1H3,(H2,24,25,27,32). The monoisotopic (exact) mass is 453 g/mol. The number of carbonyl (C=O) groups is 2. The Morgan fingerprint density at radius 1 is 1.12 bits per heavy atom. The molecule has 0 radical (unpaired) electrons. The number of fused-ring (bicyclic) bond motifs is 1. The third kappa shape index (κ3) is 4.90. The number of nitrogens with zero attached hydrogens (tertiary/aromatic N) is 1. The fourth-order valence-electron chi connectivity index (χ4n) is 3.47. The average Bonchev–Trinajstić information content (AvgIpc) is 3.24. The van der Waals surface area contributed by atoms with Gasteiger partial charge in [0.15, 0.2) is 10.9 Å². The van der Waals surface area contributed by atoms with Crippen molar-refractivity contribution in [2.45, 2.75) is 6.92 Å². The van der Waals surface area contributed by atoms with Gasteiger partial charge in [-0.1, -0.05) is 18.2 Å². The van der Waals surface area contributed by atoms with Gasteiger partial charge in [-0.15, -0.1) is 0 Å². The highest BCUT2D eigenvalue weighted by atomic mass is 32.1. The molecule has 0 aliphatic carbocycles. The third-order valence-corrected chi connectivity index (χ3v) is 5.19. The molecule has 2 heterocycles. The Bertz CT molecular complexity index is 1120. The number of hydrogen-bond donors (Lipinski definition) is 2. The molecule has 1 fully saturated rings. The topological polar surface area (TPSA) is 93.0 Å². The van der Waals surface area contributed by atoms with E-state index in [2.05, 4.69) is 15.5 Å². The van der Waals surface area contributed by atoms with Crippen LogP contribution < -0.4 is 15.5 Å². The maximum absolute atomic E-state index is 12.6. The van der Waals surface area contributed by atoms with Crippen LogP contribution in [0.3, 0.4) is 0 Å². The Morgan fingerprint density at radius 3 is 2.66 bits per heavy atom. The fraction of sp³-hybridized carbons (Fsp3) is 0.261. The molecule has 1 aliphatic heterocycles. The zero-order valence-electron chi connectivity index (χ0n) is 17.6. The summed E-state index contributed by atoms with van der Waals surface area (Å²) in [6.07, 6.45) is 0. The van der Waals surface area contributed by atoms with E-state index in [0.717, 1.165) is 11.1 Å². The van der Waals surface area contributed by atoms with E-state index in [1.165, 1.54) is 0 Å². The number of morpholine rings is 1. The van der Waals surface area contributed by atoms with Crippen molar-refractivity contribution in [2.75, 3.05) is 43.1 Å². The van der Waals surface area contributed by atoms with Gasteiger partial charge in [0.2, 0.25) is 0 Å². The lowest BCUT2D eigenvalue weighted by Crippen LogP contribution is -2.38. The van der Waals surface area contributed by atoms with Crippen LogP contribution in [-0.2, 0) is 9.47 Å². The van der Waals surface area contributed by atoms with Crippen molar-refractivity contribution in [2.24, 2.45) is 0 Å². The molecule has 1 saturated heterocycles. The summed E-state index contributed by atoms with van der Waals surface area (Å²) in [5, 5.41) is 6.60. The SMILES string of the molecule is CCOC(=O)c1ccc(N2CCOCC2)c(NC(=S)NC(=O)c2cc3ccccc3o2)c1. The molecule has 1 amide bonds. The molecule has 2 aromatic carbocycles. The molecule has 1 aromatic heterocycles. The van der Waals surface area contributed by atoms with Gasteiger partial charge in [0.05, 0.1) is 36.8 Å². The number of anilines is 2. The Morgan fingerprint density at radius 2 is 1.91 bits per heavy atom. The van der Waals surface area contributed by atoms with Gasteiger partial charge in [0.25, 0.3) is 5.91 Å². The molecule has 1 aliphatic rings. The van der Waals surface area contributed by atoms with Crippen molar-refractivity contribution in [3.8, 4) is 0 Å². The molecule has 8 nitrogen and oxygen atoms in total. The van der Waals surface area contributed by atoms with Crippen LogP contribution in [0, 0.1) is 0 Å². The van der Waals surface area contributed by atoms with Crippen LogP contribution in [0.25, 0.3) is 11.0 Å². The van der Waals surface area contributed by atoms with Crippen LogP contribution in [0.15, 0.2) is 52.9 Å². The van der Waals surface area contributed by atoms with Crippen molar-refractivity contribution >= 4 is 51.6 Å². The van der Waals surface area contributed by atoms with E-state index in [4.69, 9.17) is 26.1 Å². The van der Waals surface area contributed by atoms with Crippen molar-refractivity contribution in [1.82, 2.24) is 5.32 Å². The summed E-state index contributed by atoms with van der Waals surface area (Å²) >= 11 is 5.37. The molecule has 0 unspecified atom stereocenters. The largest absolute Gasteiger partial charge is 0.462 e. The number of para-hydroxylation sites is 1. The molecule has 2 N–H and O–H groups in total. The van der Waals surface area contributed by atoms with Crippen LogP contribution in [0.1, 0.15) is 27.8 Å². The maximum atomic E-state index is 12.6. The number of thiocarbonyl (C=S) groups is 1. The van der Waals surface area contributed by atoms with Crippen LogP contribution in [0.5, 0.6) is 0 Å². The highest BCUT2D eigenvalue weighted by Crippen LogP contribution is 2.28. The number of nitrogens with one attached hydrogen (secondary N) is 2. The summed E-state index contributed by atoms with van der Waals surface area (Å²) in [6.45, 7) is 4.64. The smallest absolute Gasteiger partial charge is 0.338 e. The highest BCUT2D eigenvalue weighted by Gasteiger charge is 2.19. The first kappa shape index (κ1) is 21.8. The molecule has 3 aromatic rings. The molecule has 0 bridgehead atoms. The zero-order chi connectivity index (χ0) is 22.5. The number of ether oxygens (including phenoxy) is 2. The van der Waals surface area contributed by atoms with Crippen molar-refractivity contribution in [3.63, 3.8) is 0 Å². The highest BCUT2D eigenvalue weighted by molar-refractivity contribution is 7.80. The first-order chi connectivity index (χ1) is 15.5. The predicted octanol–water partition coefficient (Wildman–Crippen LogP) is 3.57. The second-order valence-corrected chi connectivity index (χ2v) is 7.52. The van der Waals surface area contributed by atoms with Crippen LogP contribution in [0.2, 0.25) is 0 Å². The Labute approximate surface area is 190 Å². The van der Waals surface area contributed by atoms with E-state index >= 15 is 0 Å². The number of rotatable bonds is 5. The quantitative estimate of drug-likeness (QED) is 0.447. The number of carbonyl (C=O) groups excluding carboxylic acids is 2. The third-order valence-electron chi connectivity index (χ3n) is 4.98. The van der Waals surface area contributed by atoms with Crippen molar-refractivity contribution < 1.29 is 23.5 Å². The summed E-state index contributed by atoms with van der Waals surface area (Å²) in [4.78, 5) is 27.0. The summed E-state index contributed by atoms with van der Waals surface area (Å²) in [7, 11) is 0. The van der Waals surface area contributed by atoms with E-state index in [-0.39, 0.29) is 17.5 Å². The average molecular weight is 454 g/mol. The minimum Gasteiger partial charge on any atom is -0.462 e. The minimum absolute atomic E-state index is 0.0889. The second-order valence-electron chi connectivity index (χ2n) is 7.11. The van der Waals surface area contributed by atoms with E-state index in [0.29, 0.717) is 43.1 Å². The minimum atomic E-state index is -0.465. The number of benzene rings is 2. The summed E-state index contributed by atoms with van der Waals surface area (Å²) in [6, 6.07) is 14.2. The molecule has 32 heavy (non-hydrogen) atoms. The Balaban J connectivity index is 1.53. The lowest BCUT2D eigenvalue weighted by atomic mass is 10.1. The van der Waals surface area contributed by atoms with Crippen molar-refractivity contribution in [3.05, 3.63) is 59.9 Å². The molecular formula is C23H23N3O5S. The van der Waals surface area contributed by atoms with E-state index < -0.39 is 11.9 Å². The van der Waals surface area contributed by atoms with Crippen LogP contribution in [-0.4, -0.2) is 49.9 Å². The molecular weight excluding hydrogens is 430 g/mol. The number of amides is 1. The summed E-state index contributed by atoms with van der Waals surface area (Å²) in [5.41, 5.74) is 2.44. The van der Waals surface area contributed by atoms with Crippen LogP contribution in [0.4, 0.5) is 11.4 Å². The Hall–Kier alpha value is -3.43. The fourth-order valence-corrected chi connectivity index (χ4v) is 3.67. The van der Waals surface area contributed by atoms with E-state index in [9.17, 15) is 9.59 Å². The summed E-state index contributed by atoms with van der Waals surface area (Å²) in [5.74, 6) is -0.737. The molecule has 4 rings (SSSR count). The van der Waals surface area contributed by atoms with Gasteiger partial charge in [0.1, 0.15) is 5.58 Å². The van der Waals surface area contributed by atoms with Gasteiger partial charge >= 0.3 is 5.97 Å². The predicted molar refractivity (Wildman–Crippen MR) is 125 cm³/mol. The second kappa shape index (κ2) is 9.80. The first-order valence-electron chi connectivity index (χ1n) is 10.3. The summed E-state index contributed by atoms with van der Waals surface area (Å²) < 4.78 is 16.1. The van der Waals surface area contributed by atoms with Gasteiger partial charge in [0, 0.05) is 18.5 Å². The molecule has 166 valence electrons. The molecule has 9 heteroatoms. The van der Waals surface area contributed by atoms with Crippen LogP contribution >= 0.6 is 12.2 Å².